The molecule has 0 bridgehead atoms. The molecule has 2 fully saturated rings. The molecule has 2 heterocycles. The van der Waals surface area contributed by atoms with Crippen molar-refractivity contribution in [3.05, 3.63) is 29.8 Å². The summed E-state index contributed by atoms with van der Waals surface area (Å²) >= 11 is 0. The zero-order chi connectivity index (χ0) is 41.4. The van der Waals surface area contributed by atoms with E-state index in [-0.39, 0.29) is 31.6 Å². The Balaban J connectivity index is 2.09. The van der Waals surface area contributed by atoms with Crippen LogP contribution in [0.3, 0.4) is 0 Å². The summed E-state index contributed by atoms with van der Waals surface area (Å²) in [5.74, 6) is -3.63. The average Bonchev–Trinajstić information content (AvgIpc) is 3.15. The van der Waals surface area contributed by atoms with E-state index in [0.717, 1.165) is 5.56 Å². The maximum atomic E-state index is 14.2. The van der Waals surface area contributed by atoms with Crippen LogP contribution >= 0.6 is 0 Å². The SMILES string of the molecule is CC[C@H]1OC(=O)[C@H](C)C(=O)[C@H](C)[C@@H](O[C@@H]2O[C@H](C)C[C@H](N(C)C)[C@H]2O)[C@](C)(OC)C[C@@H](C)/C(=N\OC/C=C/c2ccc(OC)c(OC)c2)[C@H](C)[C@@H](O)[C@]1(C)O. The average molecular weight is 779 g/mol. The van der Waals surface area contributed by atoms with Gasteiger partial charge in [0, 0.05) is 30.9 Å². The van der Waals surface area contributed by atoms with Crippen LogP contribution in [-0.4, -0.2) is 134 Å². The predicted molar refractivity (Wildman–Crippen MR) is 208 cm³/mol. The van der Waals surface area contributed by atoms with Crippen LogP contribution in [0, 0.1) is 23.7 Å². The van der Waals surface area contributed by atoms with Gasteiger partial charge < -0.3 is 53.5 Å². The second-order valence-electron chi connectivity index (χ2n) is 15.8. The first kappa shape index (κ1) is 46.3. The van der Waals surface area contributed by atoms with E-state index in [1.165, 1.54) is 21.0 Å². The fourth-order valence-corrected chi connectivity index (χ4v) is 7.91. The zero-order valence-electron chi connectivity index (χ0n) is 35.0. The number of oxime groups is 1. The number of aliphatic hydroxyl groups is 3. The lowest BCUT2D eigenvalue weighted by Crippen LogP contribution is -2.60. The zero-order valence-corrected chi connectivity index (χ0v) is 35.0. The van der Waals surface area contributed by atoms with Gasteiger partial charge in [0.05, 0.1) is 43.8 Å². The Labute approximate surface area is 327 Å². The Morgan fingerprint density at radius 3 is 2.24 bits per heavy atom. The molecule has 0 aliphatic carbocycles. The van der Waals surface area contributed by atoms with Crippen molar-refractivity contribution in [1.29, 1.82) is 0 Å². The van der Waals surface area contributed by atoms with Gasteiger partial charge in [0.15, 0.2) is 23.6 Å². The third-order valence-electron chi connectivity index (χ3n) is 11.4. The summed E-state index contributed by atoms with van der Waals surface area (Å²) in [7, 11) is 8.38. The van der Waals surface area contributed by atoms with E-state index in [2.05, 4.69) is 5.16 Å². The predicted octanol–water partition coefficient (Wildman–Crippen LogP) is 4.26. The van der Waals surface area contributed by atoms with Crippen molar-refractivity contribution in [2.75, 3.05) is 42.0 Å². The lowest BCUT2D eigenvalue weighted by Gasteiger charge is -2.47. The largest absolute Gasteiger partial charge is 0.493 e. The molecular weight excluding hydrogens is 712 g/mol. The molecule has 2 aliphatic heterocycles. The van der Waals surface area contributed by atoms with Gasteiger partial charge in [-0.3, -0.25) is 9.59 Å². The van der Waals surface area contributed by atoms with E-state index in [0.29, 0.717) is 23.6 Å². The first-order valence-electron chi connectivity index (χ1n) is 19.2. The van der Waals surface area contributed by atoms with Gasteiger partial charge in [-0.05, 0) is 84.8 Å². The highest BCUT2D eigenvalue weighted by atomic mass is 16.7. The van der Waals surface area contributed by atoms with Crippen molar-refractivity contribution in [1.82, 2.24) is 4.90 Å². The molecule has 13 atom stereocenters. The summed E-state index contributed by atoms with van der Waals surface area (Å²) in [5, 5.41) is 39.5. The van der Waals surface area contributed by atoms with Crippen molar-refractivity contribution in [3.63, 3.8) is 0 Å². The Morgan fingerprint density at radius 2 is 1.65 bits per heavy atom. The highest BCUT2D eigenvalue weighted by molar-refractivity contribution is 6.00. The van der Waals surface area contributed by atoms with E-state index >= 15 is 0 Å². The number of cyclic esters (lactones) is 1. The quantitative estimate of drug-likeness (QED) is 0.126. The van der Waals surface area contributed by atoms with Crippen LogP contribution in [-0.2, 0) is 33.4 Å². The number of esters is 1. The van der Waals surface area contributed by atoms with Crippen LogP contribution < -0.4 is 9.47 Å². The van der Waals surface area contributed by atoms with Crippen molar-refractivity contribution in [2.24, 2.45) is 28.8 Å². The monoisotopic (exact) mass is 778 g/mol. The third kappa shape index (κ3) is 10.8. The van der Waals surface area contributed by atoms with Crippen LogP contribution in [0.2, 0.25) is 0 Å². The number of methoxy groups -OCH3 is 3. The number of hydrogen-bond acceptors (Lipinski definition) is 14. The number of rotatable bonds is 11. The lowest BCUT2D eigenvalue weighted by atomic mass is 9.74. The summed E-state index contributed by atoms with van der Waals surface area (Å²) in [5.41, 5.74) is -1.93. The maximum absolute atomic E-state index is 14.2. The van der Waals surface area contributed by atoms with Crippen LogP contribution in [0.1, 0.15) is 80.2 Å². The summed E-state index contributed by atoms with van der Waals surface area (Å²) in [6, 6.07) is 5.22. The second-order valence-corrected chi connectivity index (χ2v) is 15.8. The molecule has 2 saturated heterocycles. The van der Waals surface area contributed by atoms with Crippen molar-refractivity contribution in [2.45, 2.75) is 129 Å². The fourth-order valence-electron chi connectivity index (χ4n) is 7.91. The summed E-state index contributed by atoms with van der Waals surface area (Å²) in [4.78, 5) is 35.5. The molecule has 14 heteroatoms. The number of ether oxygens (including phenoxy) is 6. The molecule has 312 valence electrons. The fraction of sp³-hybridized carbons (Fsp3) is 0.732. The third-order valence-corrected chi connectivity index (χ3v) is 11.4. The second kappa shape index (κ2) is 19.8. The number of aliphatic hydroxyl groups excluding tert-OH is 2. The molecule has 0 spiro atoms. The van der Waals surface area contributed by atoms with Crippen LogP contribution in [0.25, 0.3) is 6.08 Å². The van der Waals surface area contributed by atoms with Crippen LogP contribution in [0.15, 0.2) is 29.4 Å². The molecule has 55 heavy (non-hydrogen) atoms. The first-order valence-corrected chi connectivity index (χ1v) is 19.2. The molecule has 14 nitrogen and oxygen atoms in total. The van der Waals surface area contributed by atoms with E-state index in [9.17, 15) is 24.9 Å². The van der Waals surface area contributed by atoms with Gasteiger partial charge in [0.2, 0.25) is 0 Å². The Morgan fingerprint density at radius 1 is 1.00 bits per heavy atom. The Hall–Kier alpha value is -3.11. The summed E-state index contributed by atoms with van der Waals surface area (Å²) < 4.78 is 35.5. The Kier molecular flexibility index (Phi) is 16.7. The van der Waals surface area contributed by atoms with Gasteiger partial charge in [-0.2, -0.15) is 0 Å². The number of nitrogens with zero attached hydrogens (tertiary/aromatic N) is 2. The number of carbonyl (C=O) groups excluding carboxylic acids is 2. The number of likely N-dealkylation sites (N-methyl/N-ethyl adjacent to an activating group) is 1. The van der Waals surface area contributed by atoms with Gasteiger partial charge >= 0.3 is 5.97 Å². The van der Waals surface area contributed by atoms with E-state index in [4.69, 9.17) is 33.3 Å². The minimum Gasteiger partial charge on any atom is -0.493 e. The summed E-state index contributed by atoms with van der Waals surface area (Å²) in [6.45, 7) is 13.6. The molecule has 0 aromatic heterocycles. The van der Waals surface area contributed by atoms with E-state index in [1.807, 2.05) is 51.1 Å². The van der Waals surface area contributed by atoms with Crippen molar-refractivity contribution in [3.8, 4) is 11.5 Å². The smallest absolute Gasteiger partial charge is 0.316 e. The van der Waals surface area contributed by atoms with Gasteiger partial charge in [0.25, 0.3) is 0 Å². The molecule has 0 saturated carbocycles. The molecule has 3 N–H and O–H groups in total. The number of benzene rings is 1. The number of ketones is 1. The minimum atomic E-state index is -1.93. The molecule has 1 aromatic rings. The standard InChI is InChI=1S/C41H66N2O12/c1-14-32-41(8,48)36(46)25(4)33(42-52-19-15-16-28-17-18-30(49-11)31(21-28)50-12)23(2)22-40(7,51-13)37(26(5)34(44)27(6)38(47)54-32)55-39-35(45)29(43(9)10)20-24(3)53-39/h15-18,21,23-27,29,32,35-37,39,45-46,48H,14,19-20,22H2,1-13H3/b16-15+,42-33+/t23-,24-,25+,26+,27-,29+,32-,35-,36-,37-,39+,40-,41-/m1/s1. The van der Waals surface area contributed by atoms with Gasteiger partial charge in [-0.25, -0.2) is 0 Å². The number of carbonyl (C=O) groups is 2. The normalized spacial score (nSPS) is 37.8. The van der Waals surface area contributed by atoms with Crippen LogP contribution in [0.5, 0.6) is 11.5 Å². The lowest BCUT2D eigenvalue weighted by molar-refractivity contribution is -0.295. The molecule has 0 radical (unpaired) electrons. The van der Waals surface area contributed by atoms with Gasteiger partial charge in [0.1, 0.15) is 30.3 Å². The Bertz CT molecular complexity index is 1480. The summed E-state index contributed by atoms with van der Waals surface area (Å²) in [6.07, 6.45) is -1.54. The van der Waals surface area contributed by atoms with E-state index < -0.39 is 77.3 Å². The number of hydrogen-bond donors (Lipinski definition) is 3. The van der Waals surface area contributed by atoms with Gasteiger partial charge in [-0.1, -0.05) is 45.0 Å². The molecule has 3 rings (SSSR count). The topological polar surface area (TPSA) is 175 Å². The number of Topliss-reactive ketones (excluding diaryl/α,β-unsaturated/α-hetero) is 1. The van der Waals surface area contributed by atoms with Crippen molar-refractivity contribution < 1.29 is 58.2 Å². The van der Waals surface area contributed by atoms with Gasteiger partial charge in [-0.15, -0.1) is 0 Å². The molecule has 1 aromatic carbocycles. The molecule has 0 amide bonds. The highest BCUT2D eigenvalue weighted by Gasteiger charge is 2.51. The minimum absolute atomic E-state index is 0.0673. The molecule has 0 unspecified atom stereocenters. The molecule has 2 aliphatic rings. The van der Waals surface area contributed by atoms with Crippen molar-refractivity contribution >= 4 is 23.5 Å². The highest BCUT2D eigenvalue weighted by Crippen LogP contribution is 2.39. The van der Waals surface area contributed by atoms with Crippen LogP contribution in [0.4, 0.5) is 0 Å². The maximum Gasteiger partial charge on any atom is 0.316 e. The van der Waals surface area contributed by atoms with E-state index in [1.54, 1.807) is 54.1 Å². The first-order chi connectivity index (χ1) is 25.8. The molecular formula is C41H66N2O12.